The minimum atomic E-state index is -2.92. The van der Waals surface area contributed by atoms with E-state index in [9.17, 15) is 60.7 Å². The minimum Gasteiger partial charge on any atom is -0.477 e. The Bertz CT molecular complexity index is 1040. The molecule has 14 atom stereocenters. The third-order valence-electron chi connectivity index (χ3n) is 8.15. The lowest BCUT2D eigenvalue weighted by Gasteiger charge is -2.49. The van der Waals surface area contributed by atoms with Gasteiger partial charge in [-0.3, -0.25) is 0 Å². The van der Waals surface area contributed by atoms with Gasteiger partial charge in [0.2, 0.25) is 0 Å². The number of hydrogen-bond donors (Lipinski definition) is 12. The summed E-state index contributed by atoms with van der Waals surface area (Å²) < 4.78 is 33.1. The van der Waals surface area contributed by atoms with Crippen LogP contribution in [0, 0.1) is 0 Å². The van der Waals surface area contributed by atoms with Gasteiger partial charge in [0.05, 0.1) is 44.7 Å². The second-order valence-corrected chi connectivity index (χ2v) is 13.5. The monoisotopic (exact) mass is 737 g/mol. The van der Waals surface area contributed by atoms with Crippen LogP contribution in [-0.2, 0) is 38.0 Å². The molecule has 0 aromatic carbocycles. The summed E-state index contributed by atoms with van der Waals surface area (Å²) in [5.74, 6) is -7.15. The number of nitrogens with two attached hydrogens (primary N) is 1. The first-order valence-electron chi connectivity index (χ1n) is 15.3. The van der Waals surface area contributed by atoms with Crippen LogP contribution in [0.4, 0.5) is 0 Å². The van der Waals surface area contributed by atoms with Crippen LogP contribution in [0.15, 0.2) is 0 Å². The van der Waals surface area contributed by atoms with E-state index in [0.717, 1.165) is 12.2 Å². The molecule has 0 bridgehead atoms. The van der Waals surface area contributed by atoms with Gasteiger partial charge in [0.15, 0.2) is 6.29 Å². The van der Waals surface area contributed by atoms with Gasteiger partial charge in [0, 0.05) is 12.8 Å². The maximum Gasteiger partial charge on any atom is 0.364 e. The van der Waals surface area contributed by atoms with Crippen LogP contribution in [0.3, 0.4) is 0 Å². The number of aliphatic hydroxyl groups excluding tert-OH is 8. The average molecular weight is 738 g/mol. The number of aliphatic hydroxyl groups is 8. The molecule has 0 aromatic heterocycles. The highest BCUT2D eigenvalue weighted by Crippen LogP contribution is 2.40. The fourth-order valence-electron chi connectivity index (χ4n) is 5.44. The van der Waals surface area contributed by atoms with Crippen molar-refractivity contribution >= 4 is 36.3 Å². The molecular formula is C27H47NO18S2. The van der Waals surface area contributed by atoms with Gasteiger partial charge in [-0.15, -0.1) is 0 Å². The Hall–Kier alpha value is -0.960. The van der Waals surface area contributed by atoms with Crippen LogP contribution in [-0.4, -0.2) is 192 Å². The van der Waals surface area contributed by atoms with E-state index in [0.29, 0.717) is 17.9 Å². The highest BCUT2D eigenvalue weighted by Gasteiger charge is 2.61. The summed E-state index contributed by atoms with van der Waals surface area (Å²) in [7, 11) is 0. The molecule has 21 heteroatoms. The van der Waals surface area contributed by atoms with Crippen LogP contribution in [0.2, 0.25) is 0 Å². The summed E-state index contributed by atoms with van der Waals surface area (Å²) in [6, 6.07) is -0.929. The van der Waals surface area contributed by atoms with E-state index in [2.05, 4.69) is 12.6 Å². The van der Waals surface area contributed by atoms with Crippen LogP contribution >= 0.6 is 24.4 Å². The Morgan fingerprint density at radius 3 is 2.15 bits per heavy atom. The van der Waals surface area contributed by atoms with Gasteiger partial charge in [-0.2, -0.15) is 24.4 Å². The lowest BCUT2D eigenvalue weighted by molar-refractivity contribution is -0.375. The van der Waals surface area contributed by atoms with Gasteiger partial charge in [-0.25, -0.2) is 9.59 Å². The van der Waals surface area contributed by atoms with Crippen molar-refractivity contribution in [2.45, 2.75) is 111 Å². The zero-order chi connectivity index (χ0) is 35.8. The molecule has 3 aliphatic rings. The SMILES string of the molecule is N[C@H]1CO[C@H](OC[C@@H](O)[C@H]2O[C@@](OCCCSCCCS)(C(=O)O)C[C@@H](O[C@]3(C(=O)O)C[C@@H](O)[C@@H](O)[C@@H]([C@H](O)CO)O3)[C@H]2O)[C@H](O)[C@H]1O. The molecule has 3 rings (SSSR count). The molecule has 12 N–H and O–H groups in total. The summed E-state index contributed by atoms with van der Waals surface area (Å²) in [5, 5.41) is 104. The summed E-state index contributed by atoms with van der Waals surface area (Å²) in [6.45, 7) is -2.21. The number of carbonyl (C=O) groups is 2. The molecule has 19 nitrogen and oxygen atoms in total. The number of carboxylic acids is 2. The first kappa shape index (κ1) is 41.5. The number of aliphatic carboxylic acids is 2. The van der Waals surface area contributed by atoms with Gasteiger partial charge in [-0.05, 0) is 30.1 Å². The number of thioether (sulfide) groups is 1. The maximum absolute atomic E-state index is 12.7. The zero-order valence-electron chi connectivity index (χ0n) is 25.9. The van der Waals surface area contributed by atoms with Crippen molar-refractivity contribution in [1.82, 2.24) is 0 Å². The Morgan fingerprint density at radius 1 is 0.896 bits per heavy atom. The standard InChI is InChI=1S/C27H47NO18S2/c28-12-10-41-23(20(36)17(12)33)42-11-15(32)22-19(35)16(8-26(45-22,24(37)38)43-3-1-5-48-6-2-4-47)44-27(25(39)40)7-13(30)18(34)21(46-27)14(31)9-29/h12-23,29-36,47H,1-11,28H2,(H,37,38)(H,39,40)/t12-,13+,14+,15+,16+,17-,18+,19+,20+,21+,22+,23+,26+,27+/m0/s1. The molecular weight excluding hydrogens is 690 g/mol. The zero-order valence-corrected chi connectivity index (χ0v) is 27.6. The lowest BCUT2D eigenvalue weighted by atomic mass is 9.90. The predicted octanol–water partition coefficient (Wildman–Crippen LogP) is -4.81. The third-order valence-corrected chi connectivity index (χ3v) is 9.63. The maximum atomic E-state index is 12.7. The van der Waals surface area contributed by atoms with Crippen molar-refractivity contribution in [3.63, 3.8) is 0 Å². The molecule has 0 saturated carbocycles. The minimum absolute atomic E-state index is 0.196. The fourth-order valence-corrected chi connectivity index (χ4v) is 6.68. The summed E-state index contributed by atoms with van der Waals surface area (Å²) in [5.41, 5.74) is 5.64. The van der Waals surface area contributed by atoms with Gasteiger partial charge in [-0.1, -0.05) is 0 Å². The number of carboxylic acid groups (broad SMARTS) is 2. The van der Waals surface area contributed by atoms with Crippen molar-refractivity contribution in [2.24, 2.45) is 5.73 Å². The third kappa shape index (κ3) is 9.88. The predicted molar refractivity (Wildman–Crippen MR) is 164 cm³/mol. The van der Waals surface area contributed by atoms with Crippen molar-refractivity contribution in [3.8, 4) is 0 Å². The van der Waals surface area contributed by atoms with E-state index in [1.54, 1.807) is 11.8 Å². The number of thiol groups is 1. The molecule has 0 amide bonds. The van der Waals surface area contributed by atoms with Crippen LogP contribution in [0.5, 0.6) is 0 Å². The lowest BCUT2D eigenvalue weighted by Crippen LogP contribution is -2.68. The molecule has 0 aromatic rings. The van der Waals surface area contributed by atoms with E-state index >= 15 is 0 Å². The van der Waals surface area contributed by atoms with Gasteiger partial charge in [0.1, 0.15) is 48.8 Å². The smallest absolute Gasteiger partial charge is 0.364 e. The van der Waals surface area contributed by atoms with Crippen molar-refractivity contribution < 1.29 is 89.1 Å². The summed E-state index contributed by atoms with van der Waals surface area (Å²) in [6.07, 6.45) is -20.5. The summed E-state index contributed by atoms with van der Waals surface area (Å²) >= 11 is 5.72. The molecule has 0 spiro atoms. The molecule has 3 aliphatic heterocycles. The van der Waals surface area contributed by atoms with E-state index in [1.165, 1.54) is 0 Å². The first-order valence-corrected chi connectivity index (χ1v) is 17.1. The van der Waals surface area contributed by atoms with Gasteiger partial charge < -0.3 is 85.2 Å². The Balaban J connectivity index is 1.89. The first-order chi connectivity index (χ1) is 22.6. The normalized spacial score (nSPS) is 40.3. The quantitative estimate of drug-likeness (QED) is 0.0464. The number of rotatable bonds is 18. The second-order valence-electron chi connectivity index (χ2n) is 11.8. The van der Waals surface area contributed by atoms with Crippen LogP contribution in [0.1, 0.15) is 25.7 Å². The van der Waals surface area contributed by atoms with E-state index < -0.39 is 123 Å². The van der Waals surface area contributed by atoms with Crippen molar-refractivity contribution in [2.75, 3.05) is 43.7 Å². The van der Waals surface area contributed by atoms with Gasteiger partial charge in [0.25, 0.3) is 11.6 Å². The molecule has 0 radical (unpaired) electrons. The average Bonchev–Trinajstić information content (AvgIpc) is 3.05. The van der Waals surface area contributed by atoms with E-state index in [4.69, 9.17) is 34.2 Å². The molecule has 0 aliphatic carbocycles. The fraction of sp³-hybridized carbons (Fsp3) is 0.926. The Labute approximate surface area is 285 Å². The molecule has 3 fully saturated rings. The number of ether oxygens (including phenoxy) is 6. The topological polar surface area (TPSA) is 318 Å². The van der Waals surface area contributed by atoms with Crippen LogP contribution in [0.25, 0.3) is 0 Å². The second kappa shape index (κ2) is 18.5. The molecule has 3 heterocycles. The van der Waals surface area contributed by atoms with Crippen molar-refractivity contribution in [3.05, 3.63) is 0 Å². The van der Waals surface area contributed by atoms with E-state index in [-0.39, 0.29) is 13.2 Å². The highest BCUT2D eigenvalue weighted by atomic mass is 32.2. The molecule has 280 valence electrons. The largest absolute Gasteiger partial charge is 0.477 e. The highest BCUT2D eigenvalue weighted by molar-refractivity contribution is 7.99. The molecule has 48 heavy (non-hydrogen) atoms. The van der Waals surface area contributed by atoms with Crippen LogP contribution < -0.4 is 5.73 Å². The van der Waals surface area contributed by atoms with E-state index in [1.807, 2.05) is 0 Å². The number of hydrogen-bond acceptors (Lipinski definition) is 19. The van der Waals surface area contributed by atoms with Gasteiger partial charge >= 0.3 is 11.9 Å². The molecule has 0 unspecified atom stereocenters. The summed E-state index contributed by atoms with van der Waals surface area (Å²) in [4.78, 5) is 25.3. The Morgan fingerprint density at radius 2 is 1.52 bits per heavy atom. The van der Waals surface area contributed by atoms with Crippen molar-refractivity contribution in [1.29, 1.82) is 0 Å². The molecule has 3 saturated heterocycles. The Kier molecular flexibility index (Phi) is 16.0.